The zero-order chi connectivity index (χ0) is 17.3. The van der Waals surface area contributed by atoms with Crippen molar-refractivity contribution >= 4 is 11.6 Å². The fourth-order valence-electron chi connectivity index (χ4n) is 4.84. The standard InChI is InChI=1S/C20H29N3O2/c21-19(24)20-4-3-15(13-20)11-16-1-2-18(12-17(16)14-20)22-5-6-23-7-9-25-10-8-23/h1-2,12,15,22H,3-11,13-14H2,(H2,21,24). The number of fused-ring (bicyclic) bond motifs is 3. The van der Waals surface area contributed by atoms with Gasteiger partial charge in [-0.3, -0.25) is 9.69 Å². The minimum atomic E-state index is -0.303. The first-order chi connectivity index (χ1) is 12.1. The van der Waals surface area contributed by atoms with Gasteiger partial charge < -0.3 is 15.8 Å². The SMILES string of the molecule is NC(=O)C12CCC(Cc3ccc(NCCN4CCOCC4)cc3C1)C2. The minimum Gasteiger partial charge on any atom is -0.384 e. The molecule has 2 atom stereocenters. The molecule has 0 spiro atoms. The van der Waals surface area contributed by atoms with Gasteiger partial charge in [0.1, 0.15) is 0 Å². The molecule has 2 fully saturated rings. The molecule has 3 N–H and O–H groups in total. The van der Waals surface area contributed by atoms with E-state index in [1.807, 2.05) is 0 Å². The van der Waals surface area contributed by atoms with Gasteiger partial charge in [-0.25, -0.2) is 0 Å². The molecule has 2 bridgehead atoms. The van der Waals surface area contributed by atoms with Gasteiger partial charge in [0, 0.05) is 31.9 Å². The van der Waals surface area contributed by atoms with Gasteiger partial charge in [-0.2, -0.15) is 0 Å². The number of carbonyl (C=O) groups is 1. The third kappa shape index (κ3) is 3.53. The van der Waals surface area contributed by atoms with Gasteiger partial charge in [0.15, 0.2) is 0 Å². The summed E-state index contributed by atoms with van der Waals surface area (Å²) in [6.45, 7) is 5.70. The van der Waals surface area contributed by atoms with E-state index in [-0.39, 0.29) is 11.3 Å². The molecule has 2 aliphatic carbocycles. The van der Waals surface area contributed by atoms with Crippen molar-refractivity contribution in [2.75, 3.05) is 44.7 Å². The van der Waals surface area contributed by atoms with Crippen molar-refractivity contribution in [2.45, 2.75) is 32.1 Å². The average Bonchev–Trinajstić information content (AvgIpc) is 2.93. The van der Waals surface area contributed by atoms with Crippen molar-refractivity contribution in [3.63, 3.8) is 0 Å². The number of primary amides is 1. The van der Waals surface area contributed by atoms with Crippen LogP contribution in [0, 0.1) is 11.3 Å². The number of nitrogens with zero attached hydrogens (tertiary/aromatic N) is 1. The van der Waals surface area contributed by atoms with E-state index in [9.17, 15) is 4.79 Å². The Bertz CT molecular complexity index is 642. The number of nitrogens with one attached hydrogen (secondary N) is 1. The number of morpholine rings is 1. The van der Waals surface area contributed by atoms with E-state index < -0.39 is 0 Å². The molecule has 4 rings (SSSR count). The van der Waals surface area contributed by atoms with Crippen molar-refractivity contribution in [1.82, 2.24) is 4.90 Å². The van der Waals surface area contributed by atoms with E-state index in [0.717, 1.165) is 77.2 Å². The summed E-state index contributed by atoms with van der Waals surface area (Å²) in [7, 11) is 0. The van der Waals surface area contributed by atoms with Crippen molar-refractivity contribution in [3.8, 4) is 0 Å². The quantitative estimate of drug-likeness (QED) is 0.855. The van der Waals surface area contributed by atoms with Gasteiger partial charge in [0.25, 0.3) is 0 Å². The van der Waals surface area contributed by atoms with Crippen LogP contribution in [0.4, 0.5) is 5.69 Å². The van der Waals surface area contributed by atoms with Crippen LogP contribution in [0.2, 0.25) is 0 Å². The molecule has 0 aromatic heterocycles. The smallest absolute Gasteiger partial charge is 0.223 e. The molecule has 1 saturated heterocycles. The van der Waals surface area contributed by atoms with Crippen molar-refractivity contribution < 1.29 is 9.53 Å². The van der Waals surface area contributed by atoms with Crippen LogP contribution in [-0.2, 0) is 22.4 Å². The van der Waals surface area contributed by atoms with Gasteiger partial charge in [-0.1, -0.05) is 6.07 Å². The predicted molar refractivity (Wildman–Crippen MR) is 98.6 cm³/mol. The molecule has 25 heavy (non-hydrogen) atoms. The first-order valence-electron chi connectivity index (χ1n) is 9.60. The highest BCUT2D eigenvalue weighted by Crippen LogP contribution is 2.48. The van der Waals surface area contributed by atoms with Crippen LogP contribution < -0.4 is 11.1 Å². The molecule has 5 nitrogen and oxygen atoms in total. The summed E-state index contributed by atoms with van der Waals surface area (Å²) in [5.41, 5.74) is 9.38. The Morgan fingerprint density at radius 3 is 2.96 bits per heavy atom. The highest BCUT2D eigenvalue weighted by atomic mass is 16.5. The van der Waals surface area contributed by atoms with Crippen molar-refractivity contribution in [3.05, 3.63) is 29.3 Å². The van der Waals surface area contributed by atoms with E-state index >= 15 is 0 Å². The summed E-state index contributed by atoms with van der Waals surface area (Å²) >= 11 is 0. The second-order valence-corrected chi connectivity index (χ2v) is 8.00. The molecule has 3 aliphatic rings. The van der Waals surface area contributed by atoms with Crippen molar-refractivity contribution in [1.29, 1.82) is 0 Å². The molecule has 136 valence electrons. The Labute approximate surface area is 149 Å². The van der Waals surface area contributed by atoms with Gasteiger partial charge in [0.05, 0.1) is 18.6 Å². The van der Waals surface area contributed by atoms with Gasteiger partial charge in [-0.15, -0.1) is 0 Å². The third-order valence-corrected chi connectivity index (χ3v) is 6.34. The predicted octanol–water partition coefficient (Wildman–Crippen LogP) is 1.80. The Kier molecular flexibility index (Phi) is 4.69. The summed E-state index contributed by atoms with van der Waals surface area (Å²) in [6.07, 6.45) is 4.98. The average molecular weight is 343 g/mol. The number of anilines is 1. The molecule has 1 heterocycles. The number of amides is 1. The number of ether oxygens (including phenoxy) is 1. The molecule has 1 aromatic rings. The van der Waals surface area contributed by atoms with Gasteiger partial charge >= 0.3 is 0 Å². The zero-order valence-corrected chi connectivity index (χ0v) is 14.9. The fourth-order valence-corrected chi connectivity index (χ4v) is 4.84. The minimum absolute atomic E-state index is 0.103. The maximum absolute atomic E-state index is 12.1. The van der Waals surface area contributed by atoms with Crippen LogP contribution in [-0.4, -0.2) is 50.2 Å². The Hall–Kier alpha value is -1.59. The molecule has 1 amide bonds. The Morgan fingerprint density at radius 1 is 1.32 bits per heavy atom. The van der Waals surface area contributed by atoms with E-state index in [1.165, 1.54) is 11.1 Å². The number of nitrogens with two attached hydrogens (primary N) is 1. The summed E-state index contributed by atoms with van der Waals surface area (Å²) in [5.74, 6) is 0.516. The number of benzene rings is 1. The van der Waals surface area contributed by atoms with E-state index in [1.54, 1.807) is 0 Å². The second-order valence-electron chi connectivity index (χ2n) is 8.00. The van der Waals surface area contributed by atoms with Crippen LogP contribution in [0.5, 0.6) is 0 Å². The molecular weight excluding hydrogens is 314 g/mol. The largest absolute Gasteiger partial charge is 0.384 e. The maximum Gasteiger partial charge on any atom is 0.223 e. The number of rotatable bonds is 5. The lowest BCUT2D eigenvalue weighted by atomic mass is 9.79. The highest BCUT2D eigenvalue weighted by molar-refractivity contribution is 5.82. The van der Waals surface area contributed by atoms with Crippen LogP contribution in [0.15, 0.2) is 18.2 Å². The maximum atomic E-state index is 12.1. The molecular formula is C20H29N3O2. The summed E-state index contributed by atoms with van der Waals surface area (Å²) < 4.78 is 5.39. The summed E-state index contributed by atoms with van der Waals surface area (Å²) in [4.78, 5) is 14.6. The third-order valence-electron chi connectivity index (χ3n) is 6.34. The normalized spacial score (nSPS) is 29.0. The first-order valence-corrected chi connectivity index (χ1v) is 9.60. The van der Waals surface area contributed by atoms with E-state index in [4.69, 9.17) is 10.5 Å². The van der Waals surface area contributed by atoms with E-state index in [0.29, 0.717) is 5.92 Å². The van der Waals surface area contributed by atoms with Crippen LogP contribution in [0.3, 0.4) is 0 Å². The second kappa shape index (κ2) is 6.96. The molecule has 0 radical (unpaired) electrons. The van der Waals surface area contributed by atoms with Gasteiger partial charge in [0.2, 0.25) is 5.91 Å². The number of hydrogen-bond acceptors (Lipinski definition) is 4. The first kappa shape index (κ1) is 16.9. The Balaban J connectivity index is 1.43. The van der Waals surface area contributed by atoms with Crippen LogP contribution in [0.1, 0.15) is 30.4 Å². The monoisotopic (exact) mass is 343 g/mol. The topological polar surface area (TPSA) is 67.6 Å². The Morgan fingerprint density at radius 2 is 2.16 bits per heavy atom. The molecule has 2 unspecified atom stereocenters. The van der Waals surface area contributed by atoms with Crippen LogP contribution >= 0.6 is 0 Å². The lowest BCUT2D eigenvalue weighted by Gasteiger charge is -2.27. The molecule has 1 aromatic carbocycles. The summed E-state index contributed by atoms with van der Waals surface area (Å²) in [6, 6.07) is 6.69. The molecule has 5 heteroatoms. The van der Waals surface area contributed by atoms with Gasteiger partial charge in [-0.05, 0) is 61.3 Å². The summed E-state index contributed by atoms with van der Waals surface area (Å²) in [5, 5.41) is 3.55. The van der Waals surface area contributed by atoms with Crippen LogP contribution in [0.25, 0.3) is 0 Å². The highest BCUT2D eigenvalue weighted by Gasteiger charge is 2.46. The fraction of sp³-hybridized carbons (Fsp3) is 0.650. The molecule has 1 saturated carbocycles. The zero-order valence-electron chi connectivity index (χ0n) is 14.9. The number of carbonyl (C=O) groups excluding carboxylic acids is 1. The molecule has 1 aliphatic heterocycles. The number of hydrogen-bond donors (Lipinski definition) is 2. The van der Waals surface area contributed by atoms with Crippen molar-refractivity contribution in [2.24, 2.45) is 17.1 Å². The lowest BCUT2D eigenvalue weighted by molar-refractivity contribution is -0.127. The lowest BCUT2D eigenvalue weighted by Crippen LogP contribution is -2.39. The van der Waals surface area contributed by atoms with E-state index in [2.05, 4.69) is 28.4 Å².